The van der Waals surface area contributed by atoms with Crippen molar-refractivity contribution in [3.05, 3.63) is 12.2 Å². The predicted molar refractivity (Wildman–Crippen MR) is 63.1 cm³/mol. The highest BCUT2D eigenvalue weighted by Crippen LogP contribution is 2.08. The van der Waals surface area contributed by atoms with E-state index in [9.17, 15) is 0 Å². The zero-order valence-electron chi connectivity index (χ0n) is 10.2. The van der Waals surface area contributed by atoms with Gasteiger partial charge in [-0.25, -0.2) is 9.67 Å². The van der Waals surface area contributed by atoms with Gasteiger partial charge in [-0.3, -0.25) is 4.90 Å². The second kappa shape index (κ2) is 5.41. The molecular weight excluding hydrogens is 202 g/mol. The van der Waals surface area contributed by atoms with Gasteiger partial charge in [0.15, 0.2) is 0 Å². The zero-order chi connectivity index (χ0) is 11.4. The van der Waals surface area contributed by atoms with Crippen molar-refractivity contribution < 1.29 is 0 Å². The minimum Gasteiger partial charge on any atom is -0.314 e. The zero-order valence-corrected chi connectivity index (χ0v) is 10.2. The van der Waals surface area contributed by atoms with Crippen LogP contribution in [0.3, 0.4) is 0 Å². The molecule has 5 nitrogen and oxygen atoms in total. The number of nitrogens with zero attached hydrogens (tertiary/aromatic N) is 4. The Morgan fingerprint density at radius 1 is 1.56 bits per heavy atom. The molecule has 0 saturated carbocycles. The van der Waals surface area contributed by atoms with Crippen LogP contribution in [0.1, 0.15) is 26.1 Å². The second-order valence-corrected chi connectivity index (χ2v) is 4.42. The summed E-state index contributed by atoms with van der Waals surface area (Å²) < 4.78 is 2.02. The van der Waals surface area contributed by atoms with E-state index in [2.05, 4.69) is 34.1 Å². The third-order valence-electron chi connectivity index (χ3n) is 3.11. The fourth-order valence-corrected chi connectivity index (χ4v) is 2.11. The highest BCUT2D eigenvalue weighted by Gasteiger charge is 2.19. The normalized spacial score (nSPS) is 22.5. The van der Waals surface area contributed by atoms with Crippen LogP contribution in [-0.4, -0.2) is 45.3 Å². The molecule has 1 saturated heterocycles. The van der Waals surface area contributed by atoms with Crippen LogP contribution in [0.2, 0.25) is 0 Å². The van der Waals surface area contributed by atoms with Gasteiger partial charge < -0.3 is 5.32 Å². The van der Waals surface area contributed by atoms with Crippen LogP contribution in [-0.2, 0) is 13.1 Å². The number of nitrogens with one attached hydrogen (secondary N) is 1. The highest BCUT2D eigenvalue weighted by molar-refractivity contribution is 4.88. The maximum atomic E-state index is 4.35. The summed E-state index contributed by atoms with van der Waals surface area (Å²) in [4.78, 5) is 6.82. The van der Waals surface area contributed by atoms with E-state index in [1.807, 2.05) is 4.68 Å². The van der Waals surface area contributed by atoms with Crippen molar-refractivity contribution in [1.29, 1.82) is 0 Å². The molecule has 0 aromatic carbocycles. The molecule has 0 spiro atoms. The summed E-state index contributed by atoms with van der Waals surface area (Å²) in [7, 11) is 0. The first-order valence-corrected chi connectivity index (χ1v) is 6.12. The van der Waals surface area contributed by atoms with Gasteiger partial charge in [0, 0.05) is 32.2 Å². The number of rotatable bonds is 4. The Morgan fingerprint density at radius 2 is 2.44 bits per heavy atom. The van der Waals surface area contributed by atoms with Crippen molar-refractivity contribution in [2.45, 2.75) is 39.4 Å². The topological polar surface area (TPSA) is 46.0 Å². The van der Waals surface area contributed by atoms with E-state index in [0.717, 1.165) is 45.0 Å². The van der Waals surface area contributed by atoms with Crippen molar-refractivity contribution >= 4 is 0 Å². The fourth-order valence-electron chi connectivity index (χ4n) is 2.11. The molecular formula is C11H21N5. The first-order chi connectivity index (χ1) is 7.81. The average Bonchev–Trinajstić information content (AvgIpc) is 2.70. The van der Waals surface area contributed by atoms with E-state index >= 15 is 0 Å². The monoisotopic (exact) mass is 223 g/mol. The van der Waals surface area contributed by atoms with Gasteiger partial charge in [0.25, 0.3) is 0 Å². The molecule has 5 heteroatoms. The van der Waals surface area contributed by atoms with Crippen LogP contribution in [0.25, 0.3) is 0 Å². The van der Waals surface area contributed by atoms with Crippen molar-refractivity contribution in [2.24, 2.45) is 0 Å². The maximum Gasteiger partial charge on any atom is 0.141 e. The first kappa shape index (κ1) is 11.5. The Hall–Kier alpha value is -0.940. The van der Waals surface area contributed by atoms with Gasteiger partial charge in [0.2, 0.25) is 0 Å². The molecule has 2 rings (SSSR count). The first-order valence-electron chi connectivity index (χ1n) is 6.12. The molecule has 2 heterocycles. The second-order valence-electron chi connectivity index (χ2n) is 4.42. The largest absolute Gasteiger partial charge is 0.314 e. The van der Waals surface area contributed by atoms with Crippen molar-refractivity contribution in [1.82, 2.24) is 25.0 Å². The molecule has 0 unspecified atom stereocenters. The van der Waals surface area contributed by atoms with Gasteiger partial charge in [0.05, 0.1) is 6.54 Å². The lowest BCUT2D eigenvalue weighted by Gasteiger charge is -2.33. The lowest BCUT2D eigenvalue weighted by atomic mass is 10.2. The van der Waals surface area contributed by atoms with Crippen LogP contribution in [0.5, 0.6) is 0 Å². The Labute approximate surface area is 96.8 Å². The third kappa shape index (κ3) is 2.59. The van der Waals surface area contributed by atoms with Crippen LogP contribution < -0.4 is 5.32 Å². The van der Waals surface area contributed by atoms with E-state index in [4.69, 9.17) is 0 Å². The van der Waals surface area contributed by atoms with E-state index in [-0.39, 0.29) is 0 Å². The average molecular weight is 223 g/mol. The molecule has 90 valence electrons. The SMILES string of the molecule is CCCn1ncnc1CN1CCNC[C@@H]1C. The van der Waals surface area contributed by atoms with Gasteiger partial charge in [0.1, 0.15) is 12.2 Å². The lowest BCUT2D eigenvalue weighted by molar-refractivity contribution is 0.159. The molecule has 0 radical (unpaired) electrons. The molecule has 1 atom stereocenters. The molecule has 0 aliphatic carbocycles. The summed E-state index contributed by atoms with van der Waals surface area (Å²) in [6, 6.07) is 0.584. The summed E-state index contributed by atoms with van der Waals surface area (Å²) in [6.07, 6.45) is 2.77. The molecule has 1 fully saturated rings. The van der Waals surface area contributed by atoms with Gasteiger partial charge in [-0.05, 0) is 13.3 Å². The molecule has 0 amide bonds. The number of hydrogen-bond acceptors (Lipinski definition) is 4. The van der Waals surface area contributed by atoms with E-state index in [0.29, 0.717) is 6.04 Å². The summed E-state index contributed by atoms with van der Waals surface area (Å²) in [5.74, 6) is 1.09. The summed E-state index contributed by atoms with van der Waals surface area (Å²) in [5.41, 5.74) is 0. The Kier molecular flexibility index (Phi) is 3.90. The summed E-state index contributed by atoms with van der Waals surface area (Å²) in [6.45, 7) is 9.55. The van der Waals surface area contributed by atoms with Crippen LogP contribution in [0.15, 0.2) is 6.33 Å². The minimum absolute atomic E-state index is 0.584. The number of hydrogen-bond donors (Lipinski definition) is 1. The quantitative estimate of drug-likeness (QED) is 0.806. The molecule has 1 aromatic heterocycles. The van der Waals surface area contributed by atoms with Crippen LogP contribution in [0.4, 0.5) is 0 Å². The number of piperazine rings is 1. The van der Waals surface area contributed by atoms with Crippen LogP contribution in [0, 0.1) is 0 Å². The number of aromatic nitrogens is 3. The molecule has 1 N–H and O–H groups in total. The van der Waals surface area contributed by atoms with Gasteiger partial charge in [-0.2, -0.15) is 5.10 Å². The highest BCUT2D eigenvalue weighted by atomic mass is 15.4. The summed E-state index contributed by atoms with van der Waals surface area (Å²) in [5, 5.41) is 7.66. The lowest BCUT2D eigenvalue weighted by Crippen LogP contribution is -2.49. The van der Waals surface area contributed by atoms with Crippen molar-refractivity contribution in [3.8, 4) is 0 Å². The summed E-state index contributed by atoms with van der Waals surface area (Å²) >= 11 is 0. The van der Waals surface area contributed by atoms with E-state index in [1.165, 1.54) is 0 Å². The molecule has 1 aromatic rings. The predicted octanol–water partition coefficient (Wildman–Crippen LogP) is 0.482. The Balaban J connectivity index is 1.99. The van der Waals surface area contributed by atoms with Gasteiger partial charge in [-0.1, -0.05) is 6.92 Å². The van der Waals surface area contributed by atoms with Crippen LogP contribution >= 0.6 is 0 Å². The van der Waals surface area contributed by atoms with Gasteiger partial charge in [-0.15, -0.1) is 0 Å². The van der Waals surface area contributed by atoms with E-state index in [1.54, 1.807) is 6.33 Å². The fraction of sp³-hybridized carbons (Fsp3) is 0.818. The van der Waals surface area contributed by atoms with E-state index < -0.39 is 0 Å². The molecule has 0 bridgehead atoms. The Bertz CT molecular complexity index is 322. The maximum absolute atomic E-state index is 4.35. The third-order valence-corrected chi connectivity index (χ3v) is 3.11. The smallest absolute Gasteiger partial charge is 0.141 e. The minimum atomic E-state index is 0.584. The van der Waals surface area contributed by atoms with Crippen molar-refractivity contribution in [2.75, 3.05) is 19.6 Å². The molecule has 1 aliphatic heterocycles. The van der Waals surface area contributed by atoms with Crippen molar-refractivity contribution in [3.63, 3.8) is 0 Å². The molecule has 1 aliphatic rings. The number of aryl methyl sites for hydroxylation is 1. The molecule has 16 heavy (non-hydrogen) atoms. The standard InChI is InChI=1S/C11H21N5/c1-3-5-16-11(13-9-14-16)8-15-6-4-12-7-10(15)2/h9-10,12H,3-8H2,1-2H3/t10-/m0/s1. The van der Waals surface area contributed by atoms with Gasteiger partial charge >= 0.3 is 0 Å². The Morgan fingerprint density at radius 3 is 3.19 bits per heavy atom.